The van der Waals surface area contributed by atoms with Crippen LogP contribution in [0.2, 0.25) is 0 Å². The normalized spacial score (nSPS) is 10.1. The van der Waals surface area contributed by atoms with Gasteiger partial charge in [-0.05, 0) is 61.6 Å². The molecule has 2 rings (SSSR count). The molecule has 0 aliphatic heterocycles. The molecule has 0 heterocycles. The Kier molecular flexibility index (Phi) is 6.41. The van der Waals surface area contributed by atoms with E-state index in [1.807, 2.05) is 30.5 Å². The van der Waals surface area contributed by atoms with Crippen molar-refractivity contribution in [3.63, 3.8) is 0 Å². The smallest absolute Gasteiger partial charge is 0.338 e. The SMILES string of the molecule is C=C(C)C(=O)Oc1ccc(-c2ccc(OC(=O)C(=C)C)cc2SC)cc1. The Bertz CT molecular complexity index is 866. The van der Waals surface area contributed by atoms with Gasteiger partial charge in [0.25, 0.3) is 0 Å². The summed E-state index contributed by atoms with van der Waals surface area (Å²) in [5, 5.41) is 0. The number of carbonyl (C=O) groups excluding carboxylic acids is 2. The van der Waals surface area contributed by atoms with Crippen molar-refractivity contribution in [2.75, 3.05) is 6.26 Å². The highest BCUT2D eigenvalue weighted by atomic mass is 32.2. The fourth-order valence-corrected chi connectivity index (χ4v) is 2.70. The van der Waals surface area contributed by atoms with E-state index in [-0.39, 0.29) is 0 Å². The van der Waals surface area contributed by atoms with Crippen LogP contribution in [0.5, 0.6) is 11.5 Å². The lowest BCUT2D eigenvalue weighted by Crippen LogP contribution is -2.08. The van der Waals surface area contributed by atoms with Gasteiger partial charge in [0.2, 0.25) is 0 Å². The Balaban J connectivity index is 2.25. The summed E-state index contributed by atoms with van der Waals surface area (Å²) >= 11 is 1.55. The zero-order valence-electron chi connectivity index (χ0n) is 15.0. The number of hydrogen-bond donors (Lipinski definition) is 0. The van der Waals surface area contributed by atoms with E-state index in [4.69, 9.17) is 9.47 Å². The van der Waals surface area contributed by atoms with Gasteiger partial charge in [-0.1, -0.05) is 25.3 Å². The third-order valence-corrected chi connectivity index (χ3v) is 4.23. The van der Waals surface area contributed by atoms with Gasteiger partial charge in [0.15, 0.2) is 0 Å². The van der Waals surface area contributed by atoms with E-state index in [0.717, 1.165) is 16.0 Å². The Labute approximate surface area is 157 Å². The van der Waals surface area contributed by atoms with Crippen molar-refractivity contribution in [2.45, 2.75) is 18.7 Å². The van der Waals surface area contributed by atoms with Crippen molar-refractivity contribution in [1.82, 2.24) is 0 Å². The molecule has 0 aromatic heterocycles. The van der Waals surface area contributed by atoms with Crippen molar-refractivity contribution in [3.05, 3.63) is 66.8 Å². The van der Waals surface area contributed by atoms with Gasteiger partial charge in [-0.25, -0.2) is 9.59 Å². The molecule has 0 saturated carbocycles. The van der Waals surface area contributed by atoms with Crippen LogP contribution >= 0.6 is 11.8 Å². The van der Waals surface area contributed by atoms with Gasteiger partial charge in [-0.15, -0.1) is 11.8 Å². The molecule has 0 atom stereocenters. The number of rotatable bonds is 6. The van der Waals surface area contributed by atoms with Gasteiger partial charge < -0.3 is 9.47 Å². The first kappa shape index (κ1) is 19.5. The molecule has 0 unspecified atom stereocenters. The monoisotopic (exact) mass is 368 g/mol. The van der Waals surface area contributed by atoms with Crippen LogP contribution in [0.1, 0.15) is 13.8 Å². The molecular weight excluding hydrogens is 348 g/mol. The molecule has 5 heteroatoms. The Morgan fingerprint density at radius 2 is 1.35 bits per heavy atom. The number of carbonyl (C=O) groups is 2. The molecule has 4 nitrogen and oxygen atoms in total. The summed E-state index contributed by atoms with van der Waals surface area (Å²) in [6.45, 7) is 10.3. The van der Waals surface area contributed by atoms with E-state index in [9.17, 15) is 9.59 Å². The molecule has 0 bridgehead atoms. The molecule has 2 aromatic rings. The van der Waals surface area contributed by atoms with Gasteiger partial charge in [-0.2, -0.15) is 0 Å². The summed E-state index contributed by atoms with van der Waals surface area (Å²) in [6.07, 6.45) is 1.95. The average molecular weight is 368 g/mol. The van der Waals surface area contributed by atoms with Crippen LogP contribution in [0, 0.1) is 0 Å². The summed E-state index contributed by atoms with van der Waals surface area (Å²) in [4.78, 5) is 24.2. The Morgan fingerprint density at radius 3 is 1.85 bits per heavy atom. The van der Waals surface area contributed by atoms with Crippen molar-refractivity contribution in [1.29, 1.82) is 0 Å². The summed E-state index contributed by atoms with van der Waals surface area (Å²) in [7, 11) is 0. The molecular formula is C21H20O4S. The van der Waals surface area contributed by atoms with E-state index in [0.29, 0.717) is 22.6 Å². The van der Waals surface area contributed by atoms with Crippen LogP contribution in [0.25, 0.3) is 11.1 Å². The summed E-state index contributed by atoms with van der Waals surface area (Å²) in [5.74, 6) is 0.0253. The van der Waals surface area contributed by atoms with Crippen molar-refractivity contribution in [3.8, 4) is 22.6 Å². The second-order valence-electron chi connectivity index (χ2n) is 5.73. The maximum Gasteiger partial charge on any atom is 0.338 e. The molecule has 0 aliphatic rings. The van der Waals surface area contributed by atoms with Gasteiger partial charge in [-0.3, -0.25) is 0 Å². The van der Waals surface area contributed by atoms with Crippen molar-refractivity contribution >= 4 is 23.7 Å². The zero-order chi connectivity index (χ0) is 19.3. The van der Waals surface area contributed by atoms with Crippen LogP contribution in [0.3, 0.4) is 0 Å². The van der Waals surface area contributed by atoms with Crippen LogP contribution in [0.4, 0.5) is 0 Å². The lowest BCUT2D eigenvalue weighted by molar-refractivity contribution is -0.130. The highest BCUT2D eigenvalue weighted by Crippen LogP contribution is 2.34. The van der Waals surface area contributed by atoms with E-state index in [2.05, 4.69) is 13.2 Å². The predicted octanol–water partition coefficient (Wildman–Crippen LogP) is 5.04. The van der Waals surface area contributed by atoms with Crippen molar-refractivity contribution < 1.29 is 19.1 Å². The van der Waals surface area contributed by atoms with Crippen molar-refractivity contribution in [2.24, 2.45) is 0 Å². The van der Waals surface area contributed by atoms with E-state index < -0.39 is 11.9 Å². The minimum absolute atomic E-state index is 0.346. The number of benzene rings is 2. The second kappa shape index (κ2) is 8.54. The first-order chi connectivity index (χ1) is 12.3. The second-order valence-corrected chi connectivity index (χ2v) is 6.57. The molecule has 0 radical (unpaired) electrons. The quantitative estimate of drug-likeness (QED) is 0.309. The minimum Gasteiger partial charge on any atom is -0.423 e. The van der Waals surface area contributed by atoms with Gasteiger partial charge >= 0.3 is 11.9 Å². The van der Waals surface area contributed by atoms with Gasteiger partial charge in [0.05, 0.1) is 0 Å². The third-order valence-electron chi connectivity index (χ3n) is 3.46. The highest BCUT2D eigenvalue weighted by molar-refractivity contribution is 7.98. The Hall–Kier alpha value is -2.79. The fraction of sp³-hybridized carbons (Fsp3) is 0.143. The van der Waals surface area contributed by atoms with E-state index in [1.165, 1.54) is 0 Å². The number of esters is 2. The highest BCUT2D eigenvalue weighted by Gasteiger charge is 2.11. The fourth-order valence-electron chi connectivity index (χ4n) is 2.06. The zero-order valence-corrected chi connectivity index (χ0v) is 15.8. The molecule has 0 spiro atoms. The summed E-state index contributed by atoms with van der Waals surface area (Å²) in [5.41, 5.74) is 2.64. The first-order valence-electron chi connectivity index (χ1n) is 7.85. The average Bonchev–Trinajstić information content (AvgIpc) is 2.62. The van der Waals surface area contributed by atoms with Crippen LogP contribution in [-0.4, -0.2) is 18.2 Å². The first-order valence-corrected chi connectivity index (χ1v) is 9.08. The van der Waals surface area contributed by atoms with Crippen LogP contribution in [0.15, 0.2) is 71.7 Å². The summed E-state index contributed by atoms with van der Waals surface area (Å²) < 4.78 is 10.5. The molecule has 0 N–H and O–H groups in total. The molecule has 134 valence electrons. The molecule has 0 amide bonds. The standard InChI is InChI=1S/C21H20O4S/c1-13(2)20(22)24-16-8-6-15(7-9-16)18-11-10-17(12-19(18)26-5)25-21(23)14(3)4/h6-12H,1,3H2,2,4-5H3. The molecule has 0 aliphatic carbocycles. The lowest BCUT2D eigenvalue weighted by Gasteiger charge is -2.11. The Morgan fingerprint density at radius 1 is 0.846 bits per heavy atom. The maximum absolute atomic E-state index is 11.7. The van der Waals surface area contributed by atoms with Gasteiger partial charge in [0.1, 0.15) is 11.5 Å². The molecule has 0 saturated heterocycles. The maximum atomic E-state index is 11.7. The number of thioether (sulfide) groups is 1. The topological polar surface area (TPSA) is 52.6 Å². The third kappa shape index (κ3) is 4.86. The van der Waals surface area contributed by atoms with Crippen LogP contribution in [-0.2, 0) is 9.59 Å². The molecule has 26 heavy (non-hydrogen) atoms. The minimum atomic E-state index is -0.453. The van der Waals surface area contributed by atoms with Gasteiger partial charge in [0, 0.05) is 16.0 Å². The lowest BCUT2D eigenvalue weighted by atomic mass is 10.1. The van der Waals surface area contributed by atoms with E-state index in [1.54, 1.807) is 43.8 Å². The number of hydrogen-bond acceptors (Lipinski definition) is 5. The van der Waals surface area contributed by atoms with E-state index >= 15 is 0 Å². The van der Waals surface area contributed by atoms with Crippen LogP contribution < -0.4 is 9.47 Å². The largest absolute Gasteiger partial charge is 0.423 e. The summed E-state index contributed by atoms with van der Waals surface area (Å²) in [6, 6.07) is 12.7. The number of ether oxygens (including phenoxy) is 2. The molecule has 0 fully saturated rings. The predicted molar refractivity (Wildman–Crippen MR) is 105 cm³/mol. The molecule has 2 aromatic carbocycles.